The van der Waals surface area contributed by atoms with E-state index in [1.807, 2.05) is 0 Å². The zero-order valence-electron chi connectivity index (χ0n) is 16.4. The largest absolute Gasteiger partial charge is 0.418 e. The topological polar surface area (TPSA) is 66.5 Å². The first-order valence-electron chi connectivity index (χ1n) is 9.81. The standard InChI is InChI=1S/C22H17Br2F3N2O3/c23-16-9-13-14(10-17(16)24)21(32)29(20(13)31)12-7-5-11(6-8-12)19(30)28-18-4-2-1-3-15(18)22(25,26)27/h1-8,13-14,16-17H,9-10H2,(H,28,30)/t13-,14-,16+,17+/m1/s1. The smallest absolute Gasteiger partial charge is 0.321 e. The third kappa shape index (κ3) is 4.22. The van der Waals surface area contributed by atoms with Crippen LogP contribution in [0.25, 0.3) is 0 Å². The number of benzene rings is 2. The van der Waals surface area contributed by atoms with Crippen LogP contribution in [0.4, 0.5) is 24.5 Å². The van der Waals surface area contributed by atoms with E-state index in [-0.39, 0.29) is 32.7 Å². The van der Waals surface area contributed by atoms with E-state index in [2.05, 4.69) is 37.2 Å². The van der Waals surface area contributed by atoms with Gasteiger partial charge in [-0.3, -0.25) is 19.3 Å². The molecule has 0 aromatic heterocycles. The summed E-state index contributed by atoms with van der Waals surface area (Å²) in [6.45, 7) is 0. The molecule has 4 atom stereocenters. The minimum Gasteiger partial charge on any atom is -0.321 e. The molecule has 1 aliphatic heterocycles. The van der Waals surface area contributed by atoms with Crippen LogP contribution in [0, 0.1) is 11.8 Å². The normalized spacial score (nSPS) is 25.6. The molecule has 10 heteroatoms. The van der Waals surface area contributed by atoms with E-state index < -0.39 is 29.5 Å². The summed E-state index contributed by atoms with van der Waals surface area (Å²) in [5.74, 6) is -2.09. The van der Waals surface area contributed by atoms with Gasteiger partial charge in [-0.15, -0.1) is 0 Å². The van der Waals surface area contributed by atoms with E-state index >= 15 is 0 Å². The van der Waals surface area contributed by atoms with Gasteiger partial charge in [0.05, 0.1) is 28.8 Å². The number of carbonyl (C=O) groups excluding carboxylic acids is 3. The number of imide groups is 1. The molecule has 2 aromatic rings. The molecule has 2 aromatic carbocycles. The Morgan fingerprint density at radius 2 is 1.44 bits per heavy atom. The zero-order chi connectivity index (χ0) is 23.2. The van der Waals surface area contributed by atoms with Crippen molar-refractivity contribution < 1.29 is 27.6 Å². The van der Waals surface area contributed by atoms with Gasteiger partial charge in [0, 0.05) is 15.2 Å². The molecule has 1 saturated heterocycles. The SMILES string of the molecule is O=C(Nc1ccccc1C(F)(F)F)c1ccc(N2C(=O)[C@@H]3C[C@H](Br)[C@@H](Br)C[C@H]3C2=O)cc1. The number of hydrogen-bond acceptors (Lipinski definition) is 3. The summed E-state index contributed by atoms with van der Waals surface area (Å²) in [6.07, 6.45) is -3.52. The Morgan fingerprint density at radius 1 is 0.906 bits per heavy atom. The van der Waals surface area contributed by atoms with Crippen molar-refractivity contribution in [3.05, 3.63) is 59.7 Å². The van der Waals surface area contributed by atoms with Gasteiger partial charge in [0.25, 0.3) is 5.91 Å². The minimum atomic E-state index is -4.61. The third-order valence-corrected chi connectivity index (χ3v) is 8.51. The van der Waals surface area contributed by atoms with Gasteiger partial charge in [0.1, 0.15) is 0 Å². The maximum atomic E-state index is 13.1. The number of nitrogens with zero attached hydrogens (tertiary/aromatic N) is 1. The molecular formula is C22H17Br2F3N2O3. The van der Waals surface area contributed by atoms with Crippen LogP contribution in [0.5, 0.6) is 0 Å². The number of hydrogen-bond donors (Lipinski definition) is 1. The second-order valence-corrected chi connectivity index (χ2v) is 10.1. The lowest BCUT2D eigenvalue weighted by Crippen LogP contribution is -2.34. The van der Waals surface area contributed by atoms with Gasteiger partial charge >= 0.3 is 6.18 Å². The summed E-state index contributed by atoms with van der Waals surface area (Å²) in [4.78, 5) is 39.6. The molecule has 5 nitrogen and oxygen atoms in total. The monoisotopic (exact) mass is 572 g/mol. The lowest BCUT2D eigenvalue weighted by molar-refractivity contribution is -0.137. The number of alkyl halides is 5. The predicted molar refractivity (Wildman–Crippen MR) is 120 cm³/mol. The van der Waals surface area contributed by atoms with Crippen LogP contribution in [-0.2, 0) is 15.8 Å². The van der Waals surface area contributed by atoms with Gasteiger partial charge in [-0.25, -0.2) is 0 Å². The molecule has 168 valence electrons. The lowest BCUT2D eigenvalue weighted by atomic mass is 9.81. The number of halogens is 5. The van der Waals surface area contributed by atoms with Crippen LogP contribution < -0.4 is 10.2 Å². The van der Waals surface area contributed by atoms with Crippen LogP contribution in [-0.4, -0.2) is 27.4 Å². The van der Waals surface area contributed by atoms with E-state index in [9.17, 15) is 27.6 Å². The van der Waals surface area contributed by atoms with E-state index in [1.165, 1.54) is 42.5 Å². The quantitative estimate of drug-likeness (QED) is 0.396. The molecule has 1 aliphatic carbocycles. The van der Waals surface area contributed by atoms with Crippen molar-refractivity contribution in [2.24, 2.45) is 11.8 Å². The highest BCUT2D eigenvalue weighted by Crippen LogP contribution is 2.44. The van der Waals surface area contributed by atoms with E-state index in [4.69, 9.17) is 0 Å². The van der Waals surface area contributed by atoms with Crippen molar-refractivity contribution in [1.82, 2.24) is 0 Å². The Kier molecular flexibility index (Phi) is 6.19. The van der Waals surface area contributed by atoms with E-state index in [1.54, 1.807) is 0 Å². The Hall–Kier alpha value is -2.20. The highest BCUT2D eigenvalue weighted by atomic mass is 79.9. The minimum absolute atomic E-state index is 0.0890. The number of anilines is 2. The highest BCUT2D eigenvalue weighted by Gasteiger charge is 2.52. The summed E-state index contributed by atoms with van der Waals surface area (Å²) in [5.41, 5.74) is -0.866. The Labute approximate surface area is 198 Å². The van der Waals surface area contributed by atoms with Crippen molar-refractivity contribution in [3.8, 4) is 0 Å². The van der Waals surface area contributed by atoms with Crippen LogP contribution in [0.15, 0.2) is 48.5 Å². The summed E-state index contributed by atoms with van der Waals surface area (Å²) in [5, 5.41) is 2.27. The number of nitrogens with one attached hydrogen (secondary N) is 1. The lowest BCUT2D eigenvalue weighted by Gasteiger charge is -2.29. The molecule has 2 fully saturated rings. The molecule has 0 bridgehead atoms. The third-order valence-electron chi connectivity index (χ3n) is 5.78. The first kappa shape index (κ1) is 23.0. The summed E-state index contributed by atoms with van der Waals surface area (Å²) < 4.78 is 39.4. The van der Waals surface area contributed by atoms with Crippen molar-refractivity contribution >= 4 is 61.0 Å². The van der Waals surface area contributed by atoms with Crippen LogP contribution in [0.3, 0.4) is 0 Å². The summed E-state index contributed by atoms with van der Waals surface area (Å²) in [6, 6.07) is 10.4. The molecule has 1 heterocycles. The number of rotatable bonds is 3. The second kappa shape index (κ2) is 8.62. The summed E-state index contributed by atoms with van der Waals surface area (Å²) >= 11 is 7.08. The fraction of sp³-hybridized carbons (Fsp3) is 0.318. The van der Waals surface area contributed by atoms with Crippen LogP contribution in [0.1, 0.15) is 28.8 Å². The predicted octanol–water partition coefficient (Wildman–Crippen LogP) is 5.38. The molecule has 1 N–H and O–H groups in total. The van der Waals surface area contributed by atoms with Gasteiger partial charge in [-0.1, -0.05) is 44.0 Å². The van der Waals surface area contributed by atoms with Crippen LogP contribution in [0.2, 0.25) is 0 Å². The number of carbonyl (C=O) groups is 3. The highest BCUT2D eigenvalue weighted by molar-refractivity contribution is 9.12. The average molecular weight is 574 g/mol. The number of amides is 3. The molecule has 2 aliphatic rings. The first-order chi connectivity index (χ1) is 15.1. The molecule has 32 heavy (non-hydrogen) atoms. The Bertz CT molecular complexity index is 1050. The summed E-state index contributed by atoms with van der Waals surface area (Å²) in [7, 11) is 0. The van der Waals surface area contributed by atoms with Gasteiger partial charge in [0.2, 0.25) is 11.8 Å². The fourth-order valence-corrected chi connectivity index (χ4v) is 5.38. The van der Waals surface area contributed by atoms with E-state index in [0.29, 0.717) is 18.5 Å². The van der Waals surface area contributed by atoms with Gasteiger partial charge in [-0.2, -0.15) is 13.2 Å². The second-order valence-electron chi connectivity index (χ2n) is 7.77. The number of para-hydroxylation sites is 1. The molecular weight excluding hydrogens is 557 g/mol. The molecule has 3 amide bonds. The van der Waals surface area contributed by atoms with Crippen molar-refractivity contribution in [3.63, 3.8) is 0 Å². The molecule has 0 radical (unpaired) electrons. The van der Waals surface area contributed by atoms with Crippen molar-refractivity contribution in [2.45, 2.75) is 28.7 Å². The van der Waals surface area contributed by atoms with Gasteiger partial charge in [0.15, 0.2) is 0 Å². The Morgan fingerprint density at radius 3 is 1.97 bits per heavy atom. The molecule has 4 rings (SSSR count). The zero-order valence-corrected chi connectivity index (χ0v) is 19.6. The fourth-order valence-electron chi connectivity index (χ4n) is 4.15. The van der Waals surface area contributed by atoms with Crippen molar-refractivity contribution in [1.29, 1.82) is 0 Å². The maximum Gasteiger partial charge on any atom is 0.418 e. The van der Waals surface area contributed by atoms with Gasteiger partial charge < -0.3 is 5.32 Å². The maximum absolute atomic E-state index is 13.1. The number of fused-ring (bicyclic) bond motifs is 1. The van der Waals surface area contributed by atoms with Crippen LogP contribution >= 0.6 is 31.9 Å². The first-order valence-corrected chi connectivity index (χ1v) is 11.6. The van der Waals surface area contributed by atoms with Crippen molar-refractivity contribution in [2.75, 3.05) is 10.2 Å². The molecule has 1 saturated carbocycles. The average Bonchev–Trinajstić information content (AvgIpc) is 2.98. The van der Waals surface area contributed by atoms with E-state index in [0.717, 1.165) is 11.0 Å². The van der Waals surface area contributed by atoms with Gasteiger partial charge in [-0.05, 0) is 49.2 Å². The molecule has 0 unspecified atom stereocenters. The molecule has 0 spiro atoms. The Balaban J connectivity index is 1.52.